The third-order valence-electron chi connectivity index (χ3n) is 5.36. The number of pyridine rings is 2. The van der Waals surface area contributed by atoms with Gasteiger partial charge in [-0.2, -0.15) is 0 Å². The van der Waals surface area contributed by atoms with E-state index in [1.165, 1.54) is 25.8 Å². The zero-order valence-electron chi connectivity index (χ0n) is 16.9. The summed E-state index contributed by atoms with van der Waals surface area (Å²) in [5.41, 5.74) is 1.95. The fourth-order valence-electron chi connectivity index (χ4n) is 3.74. The van der Waals surface area contributed by atoms with Gasteiger partial charge >= 0.3 is 0 Å². The summed E-state index contributed by atoms with van der Waals surface area (Å²) in [6.07, 6.45) is 5.66. The number of hydrogen-bond acceptors (Lipinski definition) is 7. The van der Waals surface area contributed by atoms with E-state index in [-0.39, 0.29) is 0 Å². The van der Waals surface area contributed by atoms with E-state index < -0.39 is 0 Å². The van der Waals surface area contributed by atoms with Gasteiger partial charge in [-0.05, 0) is 50.4 Å². The van der Waals surface area contributed by atoms with Crippen molar-refractivity contribution in [2.75, 3.05) is 44.5 Å². The highest BCUT2D eigenvalue weighted by molar-refractivity contribution is 5.61. The molecule has 2 aromatic rings. The molecule has 0 bridgehead atoms. The van der Waals surface area contributed by atoms with Gasteiger partial charge in [0.25, 0.3) is 5.88 Å². The molecule has 0 unspecified atom stereocenters. The lowest BCUT2D eigenvalue weighted by Gasteiger charge is -2.17. The summed E-state index contributed by atoms with van der Waals surface area (Å²) >= 11 is 0. The molecule has 0 radical (unpaired) electrons. The van der Waals surface area contributed by atoms with Crippen molar-refractivity contribution in [1.29, 1.82) is 0 Å². The van der Waals surface area contributed by atoms with Crippen LogP contribution in [-0.2, 0) is 0 Å². The van der Waals surface area contributed by atoms with Crippen LogP contribution in [0.15, 0.2) is 24.4 Å². The molecule has 2 fully saturated rings. The largest absolute Gasteiger partial charge is 0.488 e. The summed E-state index contributed by atoms with van der Waals surface area (Å²) in [5, 5.41) is 6.39. The zero-order valence-corrected chi connectivity index (χ0v) is 16.9. The Labute approximate surface area is 166 Å². The molecule has 1 atom stereocenters. The molecule has 150 valence electrons. The minimum Gasteiger partial charge on any atom is -0.488 e. The second-order valence-electron chi connectivity index (χ2n) is 7.71. The molecule has 2 aromatic heterocycles. The maximum Gasteiger partial charge on any atom is 0.256 e. The average Bonchev–Trinajstić information content (AvgIpc) is 3.44. The number of aromatic nitrogens is 2. The topological polar surface area (TPSA) is 71.5 Å². The molecule has 28 heavy (non-hydrogen) atoms. The van der Waals surface area contributed by atoms with Gasteiger partial charge in [-0.15, -0.1) is 0 Å². The highest BCUT2D eigenvalue weighted by atomic mass is 16.5. The normalized spacial score (nSPS) is 19.5. The van der Waals surface area contributed by atoms with Crippen molar-refractivity contribution in [1.82, 2.24) is 14.9 Å². The Morgan fingerprint density at radius 2 is 2.00 bits per heavy atom. The van der Waals surface area contributed by atoms with E-state index in [0.29, 0.717) is 24.2 Å². The molecular weight excluding hydrogens is 354 g/mol. The van der Waals surface area contributed by atoms with Gasteiger partial charge in [0.05, 0.1) is 25.6 Å². The second kappa shape index (κ2) is 8.22. The first kappa shape index (κ1) is 18.8. The molecule has 4 rings (SSSR count). The Hall–Kier alpha value is -2.54. The van der Waals surface area contributed by atoms with Crippen LogP contribution in [0.3, 0.4) is 0 Å². The van der Waals surface area contributed by atoms with Gasteiger partial charge < -0.3 is 20.1 Å². The van der Waals surface area contributed by atoms with Crippen molar-refractivity contribution < 1.29 is 9.47 Å². The predicted octanol–water partition coefficient (Wildman–Crippen LogP) is 3.44. The smallest absolute Gasteiger partial charge is 0.256 e. The van der Waals surface area contributed by atoms with Gasteiger partial charge in [0.15, 0.2) is 5.75 Å². The van der Waals surface area contributed by atoms with Gasteiger partial charge in [-0.25, -0.2) is 9.97 Å². The fourth-order valence-corrected chi connectivity index (χ4v) is 3.74. The standard InChI is InChI=1S/C21H29N5O2/c1-14-8-19(22-2)25-20(9-14)24-16-10-18(21(27-3)23-11-16)28-13-15-6-7-26(12-15)17-4-5-17/h8-11,15,17H,4-7,12-13H2,1-3H3,(H2,22,24,25)/t15-/m0/s1. The zero-order chi connectivity index (χ0) is 19.5. The first-order chi connectivity index (χ1) is 13.6. The number of nitrogens with zero attached hydrogens (tertiary/aromatic N) is 3. The molecule has 2 aliphatic rings. The van der Waals surface area contributed by atoms with Crippen LogP contribution >= 0.6 is 0 Å². The van der Waals surface area contributed by atoms with Crippen LogP contribution in [0.1, 0.15) is 24.8 Å². The molecule has 7 nitrogen and oxygen atoms in total. The molecule has 3 heterocycles. The Bertz CT molecular complexity index is 824. The molecule has 1 aliphatic heterocycles. The number of aryl methyl sites for hydroxylation is 1. The lowest BCUT2D eigenvalue weighted by Crippen LogP contribution is -2.24. The van der Waals surface area contributed by atoms with E-state index in [2.05, 4.69) is 25.5 Å². The van der Waals surface area contributed by atoms with Crippen LogP contribution < -0.4 is 20.1 Å². The lowest BCUT2D eigenvalue weighted by molar-refractivity contribution is 0.228. The van der Waals surface area contributed by atoms with E-state index in [0.717, 1.165) is 35.5 Å². The Morgan fingerprint density at radius 3 is 2.75 bits per heavy atom. The number of hydrogen-bond donors (Lipinski definition) is 2. The minimum atomic E-state index is 0.510. The summed E-state index contributed by atoms with van der Waals surface area (Å²) in [6, 6.07) is 6.76. The van der Waals surface area contributed by atoms with Gasteiger partial charge in [-0.1, -0.05) is 0 Å². The molecule has 1 saturated heterocycles. The van der Waals surface area contributed by atoms with E-state index >= 15 is 0 Å². The number of anilines is 3. The number of nitrogens with one attached hydrogen (secondary N) is 2. The monoisotopic (exact) mass is 383 g/mol. The Balaban J connectivity index is 1.43. The molecule has 0 amide bonds. The van der Waals surface area contributed by atoms with Crippen molar-refractivity contribution >= 4 is 17.3 Å². The van der Waals surface area contributed by atoms with Crippen LogP contribution in [0.25, 0.3) is 0 Å². The third kappa shape index (κ3) is 4.47. The average molecular weight is 383 g/mol. The molecule has 1 aliphatic carbocycles. The van der Waals surface area contributed by atoms with Gasteiger partial charge in [-0.3, -0.25) is 4.90 Å². The molecular formula is C21H29N5O2. The summed E-state index contributed by atoms with van der Waals surface area (Å²) in [7, 11) is 3.48. The number of methoxy groups -OCH3 is 1. The SMILES string of the molecule is CNc1cc(C)cc(Nc2cnc(OC)c(OC[C@H]3CCN(C4CC4)C3)c2)n1. The van der Waals surface area contributed by atoms with E-state index in [1.54, 1.807) is 13.3 Å². The fraction of sp³-hybridized carbons (Fsp3) is 0.524. The quantitative estimate of drug-likeness (QED) is 0.723. The Morgan fingerprint density at radius 1 is 1.18 bits per heavy atom. The van der Waals surface area contributed by atoms with Crippen molar-refractivity contribution in [3.63, 3.8) is 0 Å². The first-order valence-electron chi connectivity index (χ1n) is 9.99. The van der Waals surface area contributed by atoms with Gasteiger partial charge in [0.1, 0.15) is 11.6 Å². The minimum absolute atomic E-state index is 0.510. The number of likely N-dealkylation sites (tertiary alicyclic amines) is 1. The van der Waals surface area contributed by atoms with E-state index in [4.69, 9.17) is 9.47 Å². The number of ether oxygens (including phenoxy) is 2. The van der Waals surface area contributed by atoms with E-state index in [9.17, 15) is 0 Å². The second-order valence-corrected chi connectivity index (χ2v) is 7.71. The molecule has 0 aromatic carbocycles. The third-order valence-corrected chi connectivity index (χ3v) is 5.36. The van der Waals surface area contributed by atoms with Crippen molar-refractivity contribution in [3.8, 4) is 11.6 Å². The molecule has 7 heteroatoms. The van der Waals surface area contributed by atoms with Crippen LogP contribution in [0.4, 0.5) is 17.3 Å². The van der Waals surface area contributed by atoms with Gasteiger partial charge in [0.2, 0.25) is 0 Å². The highest BCUT2D eigenvalue weighted by Gasteiger charge is 2.34. The maximum atomic E-state index is 6.12. The summed E-state index contributed by atoms with van der Waals surface area (Å²) in [6.45, 7) is 5.07. The van der Waals surface area contributed by atoms with Crippen LogP contribution in [0.5, 0.6) is 11.6 Å². The van der Waals surface area contributed by atoms with Crippen LogP contribution in [0, 0.1) is 12.8 Å². The van der Waals surface area contributed by atoms with E-state index in [1.807, 2.05) is 32.2 Å². The maximum absolute atomic E-state index is 6.12. The first-order valence-corrected chi connectivity index (χ1v) is 9.99. The summed E-state index contributed by atoms with van der Waals surface area (Å²) < 4.78 is 11.5. The highest BCUT2D eigenvalue weighted by Crippen LogP contribution is 2.33. The van der Waals surface area contributed by atoms with Crippen molar-refractivity contribution in [2.24, 2.45) is 5.92 Å². The summed E-state index contributed by atoms with van der Waals surface area (Å²) in [4.78, 5) is 11.5. The summed E-state index contributed by atoms with van der Waals surface area (Å²) in [5.74, 6) is 3.33. The Kier molecular flexibility index (Phi) is 5.52. The molecule has 2 N–H and O–H groups in total. The molecule has 1 saturated carbocycles. The van der Waals surface area contributed by atoms with Crippen LogP contribution in [0.2, 0.25) is 0 Å². The lowest BCUT2D eigenvalue weighted by atomic mass is 10.1. The predicted molar refractivity (Wildman–Crippen MR) is 111 cm³/mol. The number of rotatable bonds is 8. The van der Waals surface area contributed by atoms with Crippen molar-refractivity contribution in [3.05, 3.63) is 30.0 Å². The molecule has 0 spiro atoms. The van der Waals surface area contributed by atoms with Gasteiger partial charge in [0, 0.05) is 31.6 Å². The van der Waals surface area contributed by atoms with Crippen LogP contribution in [-0.4, -0.2) is 54.8 Å². The van der Waals surface area contributed by atoms with Crippen molar-refractivity contribution in [2.45, 2.75) is 32.2 Å².